The van der Waals surface area contributed by atoms with Gasteiger partial charge in [-0.15, -0.1) is 0 Å². The maximum absolute atomic E-state index is 9.96. The lowest BCUT2D eigenvalue weighted by Gasteiger charge is -2.07. The molecule has 0 fully saturated rings. The molecule has 0 bridgehead atoms. The summed E-state index contributed by atoms with van der Waals surface area (Å²) in [5.41, 5.74) is 0. The summed E-state index contributed by atoms with van der Waals surface area (Å²) in [6, 6.07) is 0. The Balaban J connectivity index is 3.12. The van der Waals surface area contributed by atoms with Crippen LogP contribution in [0.3, 0.4) is 0 Å². The van der Waals surface area contributed by atoms with Crippen LogP contribution in [0.15, 0.2) is 0 Å². The molecule has 0 atom stereocenters. The molecular formula is C5H11O6S-. The molecule has 0 unspecified atom stereocenters. The summed E-state index contributed by atoms with van der Waals surface area (Å²) in [6.07, 6.45) is 0. The van der Waals surface area contributed by atoms with Crippen molar-refractivity contribution in [3.8, 4) is 0 Å². The monoisotopic (exact) mass is 199 g/mol. The summed E-state index contributed by atoms with van der Waals surface area (Å²) in [5.74, 6) is -0.838. The lowest BCUT2D eigenvalue weighted by Crippen LogP contribution is -2.12. The first-order valence-electron chi connectivity index (χ1n) is 3.26. The Kier molecular flexibility index (Phi) is 6.21. The molecular weight excluding hydrogens is 188 g/mol. The van der Waals surface area contributed by atoms with Crippen molar-refractivity contribution in [3.63, 3.8) is 0 Å². The first-order chi connectivity index (χ1) is 5.56. The predicted molar refractivity (Wildman–Crippen MR) is 38.4 cm³/mol. The normalized spacial score (nSPS) is 11.8. The van der Waals surface area contributed by atoms with Crippen LogP contribution < -0.4 is 0 Å². The molecule has 1 N–H and O–H groups in total. The SMILES string of the molecule is O=S(=O)([O-])COCCOCCO. The van der Waals surface area contributed by atoms with Crippen LogP contribution in [0.25, 0.3) is 0 Å². The minimum Gasteiger partial charge on any atom is -0.746 e. The summed E-state index contributed by atoms with van der Waals surface area (Å²) in [6.45, 7) is 0.269. The van der Waals surface area contributed by atoms with E-state index in [1.807, 2.05) is 0 Å². The lowest BCUT2D eigenvalue weighted by molar-refractivity contribution is 0.0440. The van der Waals surface area contributed by atoms with E-state index >= 15 is 0 Å². The number of hydrogen-bond acceptors (Lipinski definition) is 6. The molecule has 0 spiro atoms. The summed E-state index contributed by atoms with van der Waals surface area (Å²) in [5, 5.41) is 8.24. The van der Waals surface area contributed by atoms with Crippen LogP contribution in [0.5, 0.6) is 0 Å². The molecule has 7 heteroatoms. The van der Waals surface area contributed by atoms with E-state index in [9.17, 15) is 13.0 Å². The highest BCUT2D eigenvalue weighted by molar-refractivity contribution is 7.85. The van der Waals surface area contributed by atoms with Crippen LogP contribution in [0.1, 0.15) is 0 Å². The van der Waals surface area contributed by atoms with E-state index in [-0.39, 0.29) is 26.4 Å². The Morgan fingerprint density at radius 2 is 1.75 bits per heavy atom. The van der Waals surface area contributed by atoms with Crippen LogP contribution in [0.2, 0.25) is 0 Å². The van der Waals surface area contributed by atoms with Crippen LogP contribution in [0, 0.1) is 0 Å². The highest BCUT2D eigenvalue weighted by atomic mass is 32.2. The molecule has 0 heterocycles. The van der Waals surface area contributed by atoms with Crippen molar-refractivity contribution in [2.24, 2.45) is 0 Å². The molecule has 0 amide bonds. The minimum atomic E-state index is -4.29. The smallest absolute Gasteiger partial charge is 0.136 e. The minimum absolute atomic E-state index is 0.0292. The van der Waals surface area contributed by atoms with Gasteiger partial charge in [-0.3, -0.25) is 0 Å². The highest BCUT2D eigenvalue weighted by Crippen LogP contribution is 1.84. The van der Waals surface area contributed by atoms with Gasteiger partial charge in [-0.1, -0.05) is 0 Å². The quantitative estimate of drug-likeness (QED) is 0.396. The van der Waals surface area contributed by atoms with Gasteiger partial charge in [0, 0.05) is 0 Å². The summed E-state index contributed by atoms with van der Waals surface area (Å²) < 4.78 is 39.0. The van der Waals surface area contributed by atoms with Gasteiger partial charge >= 0.3 is 0 Å². The van der Waals surface area contributed by atoms with Crippen molar-refractivity contribution in [2.75, 3.05) is 32.4 Å². The van der Waals surface area contributed by atoms with Gasteiger partial charge in [0.2, 0.25) is 0 Å². The van der Waals surface area contributed by atoms with Gasteiger partial charge in [-0.2, -0.15) is 0 Å². The van der Waals surface area contributed by atoms with Gasteiger partial charge in [0.1, 0.15) is 16.1 Å². The van der Waals surface area contributed by atoms with Crippen molar-refractivity contribution in [3.05, 3.63) is 0 Å². The van der Waals surface area contributed by atoms with Gasteiger partial charge in [0.15, 0.2) is 0 Å². The molecule has 12 heavy (non-hydrogen) atoms. The maximum atomic E-state index is 9.96. The predicted octanol–water partition coefficient (Wildman–Crippen LogP) is -1.49. The van der Waals surface area contributed by atoms with Crippen molar-refractivity contribution in [1.82, 2.24) is 0 Å². The summed E-state index contributed by atoms with van der Waals surface area (Å²) in [4.78, 5) is 0. The van der Waals surface area contributed by atoms with Crippen LogP contribution in [-0.2, 0) is 19.6 Å². The third-order valence-electron chi connectivity index (χ3n) is 0.835. The Bertz CT molecular complexity index is 186. The Hall–Kier alpha value is -0.210. The second-order valence-electron chi connectivity index (χ2n) is 1.92. The average Bonchev–Trinajstić information content (AvgIpc) is 1.94. The number of rotatable bonds is 7. The van der Waals surface area contributed by atoms with Crippen LogP contribution in [-0.4, -0.2) is 50.4 Å². The van der Waals surface area contributed by atoms with Crippen LogP contribution >= 0.6 is 0 Å². The Morgan fingerprint density at radius 1 is 1.17 bits per heavy atom. The largest absolute Gasteiger partial charge is 0.746 e. The second kappa shape index (κ2) is 6.32. The number of aliphatic hydroxyl groups is 1. The average molecular weight is 199 g/mol. The lowest BCUT2D eigenvalue weighted by atomic mass is 10.7. The molecule has 74 valence electrons. The van der Waals surface area contributed by atoms with E-state index in [2.05, 4.69) is 4.74 Å². The topological polar surface area (TPSA) is 95.9 Å². The Labute approximate surface area is 70.8 Å². The summed E-state index contributed by atoms with van der Waals surface area (Å²) in [7, 11) is -4.29. The summed E-state index contributed by atoms with van der Waals surface area (Å²) >= 11 is 0. The molecule has 0 rings (SSSR count). The zero-order chi connectivity index (χ0) is 9.45. The molecule has 0 aromatic heterocycles. The van der Waals surface area contributed by atoms with Gasteiger partial charge in [-0.05, 0) is 0 Å². The maximum Gasteiger partial charge on any atom is 0.136 e. The number of hydrogen-bond donors (Lipinski definition) is 1. The van der Waals surface area contributed by atoms with E-state index in [1.54, 1.807) is 0 Å². The van der Waals surface area contributed by atoms with Crippen molar-refractivity contribution in [1.29, 1.82) is 0 Å². The van der Waals surface area contributed by atoms with Crippen LogP contribution in [0.4, 0.5) is 0 Å². The molecule has 0 aliphatic heterocycles. The first kappa shape index (κ1) is 11.8. The van der Waals surface area contributed by atoms with E-state index < -0.39 is 16.1 Å². The molecule has 0 aromatic carbocycles. The fourth-order valence-electron chi connectivity index (χ4n) is 0.445. The standard InChI is InChI=1S/C5H12O6S/c6-1-2-10-3-4-11-5-12(7,8)9/h6H,1-5H2,(H,7,8,9)/p-1. The van der Waals surface area contributed by atoms with Gasteiger partial charge in [0.05, 0.1) is 26.4 Å². The third-order valence-corrected chi connectivity index (χ3v) is 1.29. The Morgan fingerprint density at radius 3 is 2.25 bits per heavy atom. The molecule has 0 saturated heterocycles. The fourth-order valence-corrected chi connectivity index (χ4v) is 0.767. The van der Waals surface area contributed by atoms with Crippen molar-refractivity contribution < 1.29 is 27.6 Å². The van der Waals surface area contributed by atoms with Gasteiger partial charge < -0.3 is 19.1 Å². The van der Waals surface area contributed by atoms with E-state index in [4.69, 9.17) is 9.84 Å². The number of ether oxygens (including phenoxy) is 2. The zero-order valence-corrected chi connectivity index (χ0v) is 7.25. The second-order valence-corrected chi connectivity index (χ2v) is 3.27. The van der Waals surface area contributed by atoms with Gasteiger partial charge in [0.25, 0.3) is 0 Å². The molecule has 0 aliphatic carbocycles. The molecule has 0 radical (unpaired) electrons. The van der Waals surface area contributed by atoms with Crippen molar-refractivity contribution >= 4 is 10.1 Å². The van der Waals surface area contributed by atoms with E-state index in [1.165, 1.54) is 0 Å². The molecule has 6 nitrogen and oxygen atoms in total. The van der Waals surface area contributed by atoms with E-state index in [0.29, 0.717) is 0 Å². The molecule has 0 aromatic rings. The third kappa shape index (κ3) is 9.79. The van der Waals surface area contributed by atoms with E-state index in [0.717, 1.165) is 0 Å². The fraction of sp³-hybridized carbons (Fsp3) is 1.00. The highest BCUT2D eigenvalue weighted by Gasteiger charge is 1.94. The first-order valence-corrected chi connectivity index (χ1v) is 4.84. The zero-order valence-electron chi connectivity index (χ0n) is 6.43. The van der Waals surface area contributed by atoms with Crippen molar-refractivity contribution in [2.45, 2.75) is 0 Å². The molecule has 0 aliphatic rings. The van der Waals surface area contributed by atoms with Gasteiger partial charge in [-0.25, -0.2) is 8.42 Å². The number of aliphatic hydroxyl groups excluding tert-OH is 1. The molecule has 0 saturated carbocycles.